The molecule has 0 heterocycles. The molecular weight excluding hydrogens is 554 g/mol. The maximum Gasteiger partial charge on any atom is 0.136 e. The summed E-state index contributed by atoms with van der Waals surface area (Å²) in [6.45, 7) is 0. The Bertz CT molecular complexity index is 1900. The van der Waals surface area contributed by atoms with Crippen molar-refractivity contribution in [2.45, 2.75) is 0 Å². The molecule has 0 aliphatic rings. The van der Waals surface area contributed by atoms with Gasteiger partial charge in [0.2, 0.25) is 0 Å². The van der Waals surface area contributed by atoms with Crippen LogP contribution in [-0.4, -0.2) is 42.7 Å². The van der Waals surface area contributed by atoms with Crippen molar-refractivity contribution in [2.24, 2.45) is 0 Å². The molecule has 218 valence electrons. The summed E-state index contributed by atoms with van der Waals surface area (Å²) in [5, 5.41) is 9.01. The summed E-state index contributed by atoms with van der Waals surface area (Å²) in [6.07, 6.45) is 0. The van der Waals surface area contributed by atoms with E-state index in [9.17, 15) is 0 Å². The average molecular weight is 584 g/mol. The second-order valence-electron chi connectivity index (χ2n) is 9.01. The zero-order valence-corrected chi connectivity index (χ0v) is 25.2. The molecule has 0 radical (unpaired) electrons. The van der Waals surface area contributed by atoms with E-state index in [4.69, 9.17) is 33.7 Å². The van der Waals surface area contributed by atoms with E-state index in [0.717, 1.165) is 5.56 Å². The van der Waals surface area contributed by atoms with E-state index in [1.54, 1.807) is 103 Å². The summed E-state index contributed by atoms with van der Waals surface area (Å²) < 4.78 is 33.3. The van der Waals surface area contributed by atoms with Gasteiger partial charge in [0, 0.05) is 29.8 Å². The van der Waals surface area contributed by atoms with Crippen LogP contribution in [0.2, 0.25) is 0 Å². The molecular formula is C37H29NO6. The molecule has 0 saturated heterocycles. The predicted molar refractivity (Wildman–Crippen MR) is 168 cm³/mol. The van der Waals surface area contributed by atoms with Gasteiger partial charge in [-0.25, -0.2) is 0 Å². The molecule has 0 bridgehead atoms. The van der Waals surface area contributed by atoms with Crippen molar-refractivity contribution in [2.75, 3.05) is 42.7 Å². The van der Waals surface area contributed by atoms with Crippen LogP contribution in [0.5, 0.6) is 34.5 Å². The van der Waals surface area contributed by atoms with Gasteiger partial charge in [-0.05, 0) is 42.5 Å². The topological polar surface area (TPSA) is 79.2 Å². The summed E-state index contributed by atoms with van der Waals surface area (Å²) >= 11 is 0. The summed E-state index contributed by atoms with van der Waals surface area (Å²) in [5.41, 5.74) is 4.46. The molecule has 0 atom stereocenters. The van der Waals surface area contributed by atoms with E-state index in [2.05, 4.69) is 41.6 Å². The fourth-order valence-electron chi connectivity index (χ4n) is 4.13. The van der Waals surface area contributed by atoms with Crippen molar-refractivity contribution in [3.8, 4) is 76.1 Å². The molecule has 7 heteroatoms. The van der Waals surface area contributed by atoms with Crippen LogP contribution in [0.15, 0.2) is 66.7 Å². The van der Waals surface area contributed by atoms with Gasteiger partial charge in [0.05, 0.1) is 82.1 Å². The summed E-state index contributed by atoms with van der Waals surface area (Å²) in [5.74, 6) is 22.3. The van der Waals surface area contributed by atoms with Crippen molar-refractivity contribution in [1.82, 2.24) is 0 Å². The van der Waals surface area contributed by atoms with Crippen LogP contribution in [0.25, 0.3) is 0 Å². The third-order valence-corrected chi connectivity index (χ3v) is 6.47. The fraction of sp³-hybridized carbons (Fsp3) is 0.162. The van der Waals surface area contributed by atoms with E-state index < -0.39 is 0 Å². The highest BCUT2D eigenvalue weighted by Gasteiger charge is 2.12. The van der Waals surface area contributed by atoms with Crippen LogP contribution in [-0.2, 0) is 0 Å². The van der Waals surface area contributed by atoms with Gasteiger partial charge >= 0.3 is 0 Å². The van der Waals surface area contributed by atoms with Gasteiger partial charge in [0.1, 0.15) is 34.5 Å². The first-order chi connectivity index (χ1) is 21.5. The molecule has 4 rings (SSSR count). The second-order valence-corrected chi connectivity index (χ2v) is 9.01. The van der Waals surface area contributed by atoms with Crippen molar-refractivity contribution in [1.29, 1.82) is 5.26 Å². The minimum absolute atomic E-state index is 0.524. The minimum Gasteiger partial charge on any atom is -0.497 e. The molecule has 0 aliphatic carbocycles. The van der Waals surface area contributed by atoms with Crippen molar-refractivity contribution >= 4 is 0 Å². The lowest BCUT2D eigenvalue weighted by Gasteiger charge is -2.10. The number of benzene rings is 4. The monoisotopic (exact) mass is 583 g/mol. The molecule has 7 nitrogen and oxygen atoms in total. The second kappa shape index (κ2) is 14.7. The van der Waals surface area contributed by atoms with E-state index in [1.807, 2.05) is 6.07 Å². The Balaban J connectivity index is 1.71. The Morgan fingerprint density at radius 2 is 0.750 bits per heavy atom. The summed E-state index contributed by atoms with van der Waals surface area (Å²) in [4.78, 5) is 0. The minimum atomic E-state index is 0.524. The number of hydrogen-bond acceptors (Lipinski definition) is 7. The van der Waals surface area contributed by atoms with Crippen LogP contribution < -0.4 is 28.4 Å². The highest BCUT2D eigenvalue weighted by Crippen LogP contribution is 2.31. The SMILES string of the molecule is COc1ccc(OC)c(C#Cc2cc(OC)c(C#Cc3cc(OC)c(C#Cc4ccc(C#N)cc4)cc3OC)cc2OC)c1. The molecule has 44 heavy (non-hydrogen) atoms. The highest BCUT2D eigenvalue weighted by molar-refractivity contribution is 5.64. The summed E-state index contributed by atoms with van der Waals surface area (Å²) in [6, 6.07) is 21.7. The average Bonchev–Trinajstić information content (AvgIpc) is 3.08. The lowest BCUT2D eigenvalue weighted by atomic mass is 10.1. The normalized spacial score (nSPS) is 9.48. The first-order valence-electron chi connectivity index (χ1n) is 13.3. The molecule has 0 unspecified atom stereocenters. The third-order valence-electron chi connectivity index (χ3n) is 6.47. The molecule has 0 amide bonds. The third kappa shape index (κ3) is 7.18. The van der Waals surface area contributed by atoms with E-state index in [1.165, 1.54) is 0 Å². The lowest BCUT2D eigenvalue weighted by molar-refractivity contribution is 0.400. The largest absolute Gasteiger partial charge is 0.497 e. The van der Waals surface area contributed by atoms with E-state index in [-0.39, 0.29) is 0 Å². The van der Waals surface area contributed by atoms with Gasteiger partial charge in [-0.3, -0.25) is 0 Å². The maximum absolute atomic E-state index is 9.01. The Labute approximate surface area is 257 Å². The molecule has 0 spiro atoms. The van der Waals surface area contributed by atoms with Crippen molar-refractivity contribution < 1.29 is 28.4 Å². The van der Waals surface area contributed by atoms with Gasteiger partial charge in [-0.15, -0.1) is 0 Å². The van der Waals surface area contributed by atoms with Crippen LogP contribution in [0, 0.1) is 46.9 Å². The van der Waals surface area contributed by atoms with Crippen LogP contribution in [0.4, 0.5) is 0 Å². The van der Waals surface area contributed by atoms with Gasteiger partial charge in [0.15, 0.2) is 0 Å². The Kier molecular flexibility index (Phi) is 10.3. The Morgan fingerprint density at radius 1 is 0.386 bits per heavy atom. The first kappa shape index (κ1) is 30.8. The van der Waals surface area contributed by atoms with Gasteiger partial charge in [-0.2, -0.15) is 5.26 Å². The molecule has 4 aromatic rings. The van der Waals surface area contributed by atoms with Crippen LogP contribution in [0.1, 0.15) is 38.9 Å². The molecule has 0 N–H and O–H groups in total. The fourth-order valence-corrected chi connectivity index (χ4v) is 4.13. The number of methoxy groups -OCH3 is 6. The van der Waals surface area contributed by atoms with Gasteiger partial charge in [-0.1, -0.05) is 35.5 Å². The lowest BCUT2D eigenvalue weighted by Crippen LogP contribution is -1.96. The number of rotatable bonds is 6. The first-order valence-corrected chi connectivity index (χ1v) is 13.3. The highest BCUT2D eigenvalue weighted by atomic mass is 16.5. The van der Waals surface area contributed by atoms with E-state index in [0.29, 0.717) is 67.9 Å². The molecule has 4 aromatic carbocycles. The molecule has 0 saturated carbocycles. The molecule has 0 aromatic heterocycles. The van der Waals surface area contributed by atoms with Crippen molar-refractivity contribution in [3.63, 3.8) is 0 Å². The Morgan fingerprint density at radius 3 is 1.11 bits per heavy atom. The summed E-state index contributed by atoms with van der Waals surface area (Å²) in [7, 11) is 9.47. The van der Waals surface area contributed by atoms with Crippen LogP contribution in [0.3, 0.4) is 0 Å². The van der Waals surface area contributed by atoms with Crippen LogP contribution >= 0.6 is 0 Å². The van der Waals surface area contributed by atoms with Gasteiger partial charge < -0.3 is 28.4 Å². The van der Waals surface area contributed by atoms with Gasteiger partial charge in [0.25, 0.3) is 0 Å². The smallest absolute Gasteiger partial charge is 0.136 e. The molecule has 0 fully saturated rings. The quantitative estimate of drug-likeness (QED) is 0.265. The number of ether oxygens (including phenoxy) is 6. The molecule has 0 aliphatic heterocycles. The van der Waals surface area contributed by atoms with Crippen molar-refractivity contribution in [3.05, 3.63) is 106 Å². The zero-order valence-electron chi connectivity index (χ0n) is 25.2. The number of hydrogen-bond donors (Lipinski definition) is 0. The Hall–Kier alpha value is -6.15. The standard InChI is InChI=1S/C37H29NO6/c1-39-32-17-18-33(40-2)27(19-32)13-14-29-22-37(44-6)31(23-36(29)43-5)16-15-30-21-34(41-3)28(20-35(30)42-4)12-11-25-7-9-26(24-38)10-8-25/h7-10,17-23H,1-6H3. The van der Waals surface area contributed by atoms with E-state index >= 15 is 0 Å². The maximum atomic E-state index is 9.01. The number of nitriles is 1. The zero-order chi connectivity index (χ0) is 31.5. The number of nitrogens with zero attached hydrogens (tertiary/aromatic N) is 1. The predicted octanol–water partition coefficient (Wildman–Crippen LogP) is 5.81.